The van der Waals surface area contributed by atoms with Gasteiger partial charge in [-0.15, -0.1) is 0 Å². The summed E-state index contributed by atoms with van der Waals surface area (Å²) in [7, 11) is -7.88. The van der Waals surface area contributed by atoms with Crippen LogP contribution in [0, 0.1) is 0 Å². The summed E-state index contributed by atoms with van der Waals surface area (Å²) in [5, 5.41) is 0. The van der Waals surface area contributed by atoms with Crippen molar-refractivity contribution in [1.29, 1.82) is 0 Å². The molecular weight excluding hydrogens is 476 g/mol. The van der Waals surface area contributed by atoms with Crippen molar-refractivity contribution in [3.05, 3.63) is 114 Å². The fourth-order valence-corrected chi connectivity index (χ4v) is 5.92. The molecule has 3 aromatic rings. The lowest BCUT2D eigenvalue weighted by Crippen LogP contribution is -2.11. The maximum absolute atomic E-state index is 12.8. The van der Waals surface area contributed by atoms with Crippen molar-refractivity contribution in [2.45, 2.75) is 14.7 Å². The molecule has 0 aromatic heterocycles. The zero-order chi connectivity index (χ0) is 23.3. The first kappa shape index (κ1) is 22.9. The molecule has 9 heteroatoms. The highest BCUT2D eigenvalue weighted by atomic mass is 32.2. The zero-order valence-corrected chi connectivity index (χ0v) is 19.6. The lowest BCUT2D eigenvalue weighted by Gasteiger charge is -2.12. The lowest BCUT2D eigenvalue weighted by molar-refractivity contribution is 0.596. The molecule has 4 rings (SSSR count). The minimum atomic E-state index is -3.96. The first-order chi connectivity index (χ1) is 15.8. The van der Waals surface area contributed by atoms with Crippen LogP contribution in [0.25, 0.3) is 0 Å². The van der Waals surface area contributed by atoms with Crippen molar-refractivity contribution < 1.29 is 16.8 Å². The van der Waals surface area contributed by atoms with Gasteiger partial charge in [-0.3, -0.25) is 0 Å². The molecule has 1 aliphatic rings. The van der Waals surface area contributed by atoms with Gasteiger partial charge < -0.3 is 0 Å². The van der Waals surface area contributed by atoms with Crippen molar-refractivity contribution in [3.8, 4) is 0 Å². The second-order valence-electron chi connectivity index (χ2n) is 6.83. The summed E-state index contributed by atoms with van der Waals surface area (Å²) in [6, 6.07) is 25.1. The average molecular weight is 495 g/mol. The summed E-state index contributed by atoms with van der Waals surface area (Å²) in [5.41, 5.74) is 0.372. The summed E-state index contributed by atoms with van der Waals surface area (Å²) in [5.74, 6) is 0. The molecular formula is C24H18N2O4S3. The summed E-state index contributed by atoms with van der Waals surface area (Å²) in [6.45, 7) is 0. The topological polar surface area (TPSA) is 93.0 Å². The maximum atomic E-state index is 12.8. The molecule has 0 saturated heterocycles. The highest BCUT2D eigenvalue weighted by molar-refractivity contribution is 8.04. The Labute approximate surface area is 197 Å². The molecule has 3 aromatic carbocycles. The molecule has 0 N–H and O–H groups in total. The van der Waals surface area contributed by atoms with E-state index in [1.165, 1.54) is 54.3 Å². The molecule has 166 valence electrons. The Morgan fingerprint density at radius 3 is 1.61 bits per heavy atom. The molecule has 0 bridgehead atoms. The largest absolute Gasteiger partial charge is 0.282 e. The van der Waals surface area contributed by atoms with Crippen molar-refractivity contribution in [3.63, 3.8) is 0 Å². The molecule has 33 heavy (non-hydrogen) atoms. The fourth-order valence-electron chi connectivity index (χ4n) is 2.89. The fraction of sp³-hybridized carbons (Fsp3) is 0. The maximum Gasteiger partial charge on any atom is 0.282 e. The summed E-state index contributed by atoms with van der Waals surface area (Å²) in [4.78, 5) is 1.45. The van der Waals surface area contributed by atoms with Gasteiger partial charge in [-0.05, 0) is 54.6 Å². The standard InChI is InChI=1S/C24H18N2O4S3/c27-32(28,21-12-6-2-7-13-21)25-19-16-17-23(24(18-19)31-20-10-4-1-5-11-20)26-33(29,30)22-14-8-3-9-15-22/h1-18H. The van der Waals surface area contributed by atoms with Gasteiger partial charge >= 0.3 is 0 Å². The van der Waals surface area contributed by atoms with Crippen LogP contribution in [-0.4, -0.2) is 28.3 Å². The molecule has 0 saturated carbocycles. The van der Waals surface area contributed by atoms with Crippen LogP contribution in [0.5, 0.6) is 0 Å². The smallest absolute Gasteiger partial charge is 0.199 e. The molecule has 0 heterocycles. The number of hydrogen-bond acceptors (Lipinski definition) is 5. The Morgan fingerprint density at radius 1 is 0.576 bits per heavy atom. The monoisotopic (exact) mass is 494 g/mol. The van der Waals surface area contributed by atoms with E-state index >= 15 is 0 Å². The Morgan fingerprint density at radius 2 is 1.06 bits per heavy atom. The first-order valence-corrected chi connectivity index (χ1v) is 13.5. The molecule has 6 nitrogen and oxygen atoms in total. The zero-order valence-electron chi connectivity index (χ0n) is 17.1. The van der Waals surface area contributed by atoms with E-state index < -0.39 is 20.0 Å². The Kier molecular flexibility index (Phi) is 6.73. The highest BCUT2D eigenvalue weighted by Crippen LogP contribution is 2.31. The highest BCUT2D eigenvalue weighted by Gasteiger charge is 2.20. The van der Waals surface area contributed by atoms with Crippen LogP contribution in [0.15, 0.2) is 138 Å². The van der Waals surface area contributed by atoms with E-state index in [2.05, 4.69) is 8.80 Å². The third-order valence-corrected chi connectivity index (χ3v) is 8.12. The normalized spacial score (nSPS) is 16.7. The van der Waals surface area contributed by atoms with Crippen LogP contribution in [-0.2, 0) is 20.0 Å². The van der Waals surface area contributed by atoms with Crippen LogP contribution < -0.4 is 0 Å². The van der Waals surface area contributed by atoms with Gasteiger partial charge in [-0.2, -0.15) is 25.6 Å². The first-order valence-electron chi connectivity index (χ1n) is 9.77. The third-order valence-electron chi connectivity index (χ3n) is 4.44. The quantitative estimate of drug-likeness (QED) is 0.455. The molecule has 0 fully saturated rings. The molecule has 0 aliphatic heterocycles. The van der Waals surface area contributed by atoms with Crippen molar-refractivity contribution in [2.75, 3.05) is 0 Å². The second kappa shape index (κ2) is 9.70. The molecule has 0 spiro atoms. The summed E-state index contributed by atoms with van der Waals surface area (Å²) >= 11 is 1.27. The van der Waals surface area contributed by atoms with E-state index in [0.29, 0.717) is 4.91 Å². The van der Waals surface area contributed by atoms with E-state index in [0.717, 1.165) is 4.90 Å². The average Bonchev–Trinajstić information content (AvgIpc) is 2.82. The van der Waals surface area contributed by atoms with Gasteiger partial charge in [0.25, 0.3) is 20.0 Å². The SMILES string of the molecule is O=S(=O)(N=C1C=CC(=NS(=O)(=O)c2ccccc2)C(Sc2ccccc2)=C1)c1ccccc1. The number of thioether (sulfide) groups is 1. The number of nitrogens with zero attached hydrogens (tertiary/aromatic N) is 2. The Bertz CT molecular complexity index is 1480. The number of sulfonamides is 2. The van der Waals surface area contributed by atoms with E-state index in [-0.39, 0.29) is 21.2 Å². The Hall–Kier alpha value is -3.27. The van der Waals surface area contributed by atoms with Crippen LogP contribution in [0.1, 0.15) is 0 Å². The minimum Gasteiger partial charge on any atom is -0.199 e. The summed E-state index contributed by atoms with van der Waals surface area (Å²) < 4.78 is 58.9. The van der Waals surface area contributed by atoms with Gasteiger partial charge in [0.05, 0.1) is 21.2 Å². The van der Waals surface area contributed by atoms with E-state index in [1.54, 1.807) is 36.4 Å². The molecule has 0 amide bonds. The number of hydrogen-bond donors (Lipinski definition) is 0. The lowest BCUT2D eigenvalue weighted by atomic mass is 10.1. The Balaban J connectivity index is 1.76. The molecule has 0 atom stereocenters. The van der Waals surface area contributed by atoms with Gasteiger partial charge in [0, 0.05) is 9.80 Å². The van der Waals surface area contributed by atoms with E-state index in [4.69, 9.17) is 0 Å². The number of benzene rings is 3. The molecule has 0 radical (unpaired) electrons. The van der Waals surface area contributed by atoms with Gasteiger partial charge in [-0.25, -0.2) is 0 Å². The van der Waals surface area contributed by atoms with Gasteiger partial charge in [-0.1, -0.05) is 66.4 Å². The van der Waals surface area contributed by atoms with Crippen LogP contribution in [0.3, 0.4) is 0 Å². The van der Waals surface area contributed by atoms with Gasteiger partial charge in [0.2, 0.25) is 0 Å². The number of rotatable bonds is 6. The molecule has 1 aliphatic carbocycles. The van der Waals surface area contributed by atoms with E-state index in [1.807, 2.05) is 30.3 Å². The van der Waals surface area contributed by atoms with Crippen LogP contribution in [0.4, 0.5) is 0 Å². The third kappa shape index (κ3) is 5.75. The number of allylic oxidation sites excluding steroid dienone is 4. The van der Waals surface area contributed by atoms with Crippen LogP contribution >= 0.6 is 11.8 Å². The van der Waals surface area contributed by atoms with Crippen molar-refractivity contribution >= 4 is 43.2 Å². The van der Waals surface area contributed by atoms with Crippen LogP contribution in [0.2, 0.25) is 0 Å². The second-order valence-corrected chi connectivity index (χ2v) is 11.1. The summed E-state index contributed by atoms with van der Waals surface area (Å²) in [6.07, 6.45) is 4.43. The predicted molar refractivity (Wildman–Crippen MR) is 132 cm³/mol. The van der Waals surface area contributed by atoms with Crippen molar-refractivity contribution in [1.82, 2.24) is 0 Å². The van der Waals surface area contributed by atoms with Gasteiger partial charge in [0.1, 0.15) is 0 Å². The minimum absolute atomic E-state index is 0.0704. The van der Waals surface area contributed by atoms with Gasteiger partial charge in [0.15, 0.2) is 0 Å². The van der Waals surface area contributed by atoms with E-state index in [9.17, 15) is 16.8 Å². The van der Waals surface area contributed by atoms with Crippen molar-refractivity contribution in [2.24, 2.45) is 8.80 Å². The molecule has 0 unspecified atom stereocenters. The predicted octanol–water partition coefficient (Wildman–Crippen LogP) is 4.89.